The second-order valence-corrected chi connectivity index (χ2v) is 8.55. The van der Waals surface area contributed by atoms with Crippen molar-refractivity contribution in [3.63, 3.8) is 0 Å². The smallest absolute Gasteiger partial charge is 0.240 e. The highest BCUT2D eigenvalue weighted by Crippen LogP contribution is 2.33. The van der Waals surface area contributed by atoms with Crippen LogP contribution in [-0.2, 0) is 10.5 Å². The normalized spacial score (nSPS) is 17.2. The molecule has 1 aromatic heterocycles. The highest BCUT2D eigenvalue weighted by Gasteiger charge is 2.33. The van der Waals surface area contributed by atoms with Gasteiger partial charge in [0.1, 0.15) is 0 Å². The summed E-state index contributed by atoms with van der Waals surface area (Å²) in [6.07, 6.45) is 2.71. The van der Waals surface area contributed by atoms with E-state index in [-0.39, 0.29) is 11.2 Å². The van der Waals surface area contributed by atoms with Gasteiger partial charge in [0.2, 0.25) is 5.91 Å². The number of rotatable bonds is 4. The first-order valence-electron chi connectivity index (χ1n) is 8.65. The summed E-state index contributed by atoms with van der Waals surface area (Å²) in [7, 11) is 0. The van der Waals surface area contributed by atoms with Gasteiger partial charge in [-0.2, -0.15) is 0 Å². The lowest BCUT2D eigenvalue weighted by atomic mass is 10.1. The molecular weight excluding hydrogens is 408 g/mol. The van der Waals surface area contributed by atoms with Crippen molar-refractivity contribution in [1.29, 1.82) is 0 Å². The molecule has 1 saturated heterocycles. The second kappa shape index (κ2) is 7.41. The summed E-state index contributed by atoms with van der Waals surface area (Å²) in [6.45, 7) is 2.83. The minimum Gasteiger partial charge on any atom is -0.311 e. The number of para-hydroxylation sites is 1. The third kappa shape index (κ3) is 3.38. The highest BCUT2D eigenvalue weighted by atomic mass is 79.9. The van der Waals surface area contributed by atoms with E-state index >= 15 is 0 Å². The number of aromatic nitrogens is 1. The molecule has 1 fully saturated rings. The van der Waals surface area contributed by atoms with Gasteiger partial charge in [0.15, 0.2) is 0 Å². The van der Waals surface area contributed by atoms with E-state index in [1.165, 1.54) is 5.56 Å². The van der Waals surface area contributed by atoms with Crippen molar-refractivity contribution in [1.82, 2.24) is 4.98 Å². The molecule has 132 valence electrons. The molecule has 1 atom stereocenters. The molecule has 3 aromatic rings. The molecule has 26 heavy (non-hydrogen) atoms. The number of carbonyl (C=O) groups excluding carboxylic acids is 1. The predicted molar refractivity (Wildman–Crippen MR) is 113 cm³/mol. The molecule has 2 aromatic carbocycles. The van der Waals surface area contributed by atoms with Gasteiger partial charge in [-0.3, -0.25) is 9.78 Å². The van der Waals surface area contributed by atoms with E-state index in [0.717, 1.165) is 45.3 Å². The first-order valence-corrected chi connectivity index (χ1v) is 10.5. The molecule has 3 nitrogen and oxygen atoms in total. The Morgan fingerprint density at radius 3 is 2.92 bits per heavy atom. The van der Waals surface area contributed by atoms with Crippen molar-refractivity contribution < 1.29 is 4.79 Å². The van der Waals surface area contributed by atoms with E-state index in [9.17, 15) is 4.79 Å². The van der Waals surface area contributed by atoms with Crippen LogP contribution in [0.15, 0.2) is 59.2 Å². The minimum absolute atomic E-state index is 0.0120. The number of benzene rings is 2. The van der Waals surface area contributed by atoms with Crippen LogP contribution < -0.4 is 4.90 Å². The van der Waals surface area contributed by atoms with Crippen LogP contribution in [0.3, 0.4) is 0 Å². The first kappa shape index (κ1) is 17.6. The summed E-state index contributed by atoms with van der Waals surface area (Å²) >= 11 is 5.25. The third-order valence-corrected chi connectivity index (χ3v) is 6.97. The standard InChI is InChI=1S/C21H19BrN2OS/c1-14-12-17(7-8-18(14)22)24-11-9-19(21(24)25)26-13-16-5-2-4-15-6-3-10-23-20(15)16/h2-8,10,12,19H,9,11,13H2,1H3. The lowest BCUT2D eigenvalue weighted by Gasteiger charge is -2.18. The van der Waals surface area contributed by atoms with Gasteiger partial charge >= 0.3 is 0 Å². The Morgan fingerprint density at radius 2 is 2.08 bits per heavy atom. The molecule has 0 bridgehead atoms. The quantitative estimate of drug-likeness (QED) is 0.563. The number of hydrogen-bond donors (Lipinski definition) is 0. The first-order chi connectivity index (χ1) is 12.6. The monoisotopic (exact) mass is 426 g/mol. The van der Waals surface area contributed by atoms with Crippen molar-refractivity contribution in [2.75, 3.05) is 11.4 Å². The van der Waals surface area contributed by atoms with E-state index in [0.29, 0.717) is 0 Å². The summed E-state index contributed by atoms with van der Waals surface area (Å²) in [5, 5.41) is 1.16. The Morgan fingerprint density at radius 1 is 1.23 bits per heavy atom. The number of nitrogens with zero attached hydrogens (tertiary/aromatic N) is 2. The number of carbonyl (C=O) groups is 1. The molecule has 4 rings (SSSR count). The number of pyridine rings is 1. The van der Waals surface area contributed by atoms with Crippen molar-refractivity contribution in [2.24, 2.45) is 0 Å². The fraction of sp³-hybridized carbons (Fsp3) is 0.238. The largest absolute Gasteiger partial charge is 0.311 e. The Kier molecular flexibility index (Phi) is 5.00. The fourth-order valence-electron chi connectivity index (χ4n) is 3.34. The summed E-state index contributed by atoms with van der Waals surface area (Å²) < 4.78 is 1.07. The Labute approximate surface area is 165 Å². The molecule has 5 heteroatoms. The average molecular weight is 427 g/mol. The molecule has 1 unspecified atom stereocenters. The van der Waals surface area contributed by atoms with Gasteiger partial charge in [-0.25, -0.2) is 0 Å². The molecule has 0 spiro atoms. The lowest BCUT2D eigenvalue weighted by Crippen LogP contribution is -2.28. The lowest BCUT2D eigenvalue weighted by molar-refractivity contribution is -0.116. The van der Waals surface area contributed by atoms with Gasteiger partial charge in [0.25, 0.3) is 0 Å². The van der Waals surface area contributed by atoms with Crippen LogP contribution in [0.4, 0.5) is 5.69 Å². The van der Waals surface area contributed by atoms with E-state index in [4.69, 9.17) is 0 Å². The van der Waals surface area contributed by atoms with Gasteiger partial charge < -0.3 is 4.90 Å². The Balaban J connectivity index is 1.48. The van der Waals surface area contributed by atoms with Crippen LogP contribution in [0.5, 0.6) is 0 Å². The van der Waals surface area contributed by atoms with Gasteiger partial charge in [0.05, 0.1) is 10.8 Å². The molecular formula is C21H19BrN2OS. The van der Waals surface area contributed by atoms with Crippen LogP contribution in [0.2, 0.25) is 0 Å². The average Bonchev–Trinajstić information content (AvgIpc) is 3.03. The second-order valence-electron chi connectivity index (χ2n) is 6.50. The van der Waals surface area contributed by atoms with Gasteiger partial charge in [-0.05, 0) is 48.7 Å². The molecule has 1 aliphatic rings. The van der Waals surface area contributed by atoms with Crippen molar-refractivity contribution >= 4 is 50.2 Å². The summed E-state index contributed by atoms with van der Waals surface area (Å²) in [4.78, 5) is 19.3. The topological polar surface area (TPSA) is 33.2 Å². The molecule has 0 radical (unpaired) electrons. The Hall–Kier alpha value is -1.85. The maximum absolute atomic E-state index is 12.9. The molecule has 0 saturated carbocycles. The summed E-state index contributed by atoms with van der Waals surface area (Å²) in [6, 6.07) is 16.4. The fourth-order valence-corrected chi connectivity index (χ4v) is 4.74. The molecule has 1 amide bonds. The van der Waals surface area contributed by atoms with E-state index in [1.54, 1.807) is 11.8 Å². The van der Waals surface area contributed by atoms with E-state index in [2.05, 4.69) is 51.2 Å². The van der Waals surface area contributed by atoms with Crippen LogP contribution in [0.25, 0.3) is 10.9 Å². The van der Waals surface area contributed by atoms with Crippen molar-refractivity contribution in [3.05, 3.63) is 70.3 Å². The number of anilines is 1. The molecule has 1 aliphatic heterocycles. The zero-order valence-electron chi connectivity index (χ0n) is 14.5. The van der Waals surface area contributed by atoms with Crippen molar-refractivity contribution in [2.45, 2.75) is 24.3 Å². The summed E-state index contributed by atoms with van der Waals surface area (Å²) in [5.41, 5.74) is 4.37. The molecule has 0 N–H and O–H groups in total. The van der Waals surface area contributed by atoms with E-state index in [1.807, 2.05) is 36.2 Å². The Bertz CT molecular complexity index is 970. The zero-order valence-corrected chi connectivity index (χ0v) is 16.9. The number of thioether (sulfide) groups is 1. The zero-order chi connectivity index (χ0) is 18.1. The highest BCUT2D eigenvalue weighted by molar-refractivity contribution is 9.10. The van der Waals surface area contributed by atoms with E-state index < -0.39 is 0 Å². The van der Waals surface area contributed by atoms with Gasteiger partial charge in [-0.1, -0.05) is 40.2 Å². The number of hydrogen-bond acceptors (Lipinski definition) is 3. The maximum atomic E-state index is 12.9. The predicted octanol–water partition coefficient (Wildman–Crippen LogP) is 5.34. The number of halogens is 1. The van der Waals surface area contributed by atoms with Crippen LogP contribution >= 0.6 is 27.7 Å². The van der Waals surface area contributed by atoms with Crippen molar-refractivity contribution in [3.8, 4) is 0 Å². The maximum Gasteiger partial charge on any atom is 0.240 e. The van der Waals surface area contributed by atoms with Gasteiger partial charge in [0, 0.05) is 34.0 Å². The number of aryl methyl sites for hydroxylation is 1. The summed E-state index contributed by atoms with van der Waals surface area (Å²) in [5.74, 6) is 1.02. The third-order valence-electron chi connectivity index (χ3n) is 4.77. The van der Waals surface area contributed by atoms with Gasteiger partial charge in [-0.15, -0.1) is 11.8 Å². The number of amides is 1. The SMILES string of the molecule is Cc1cc(N2CCC(SCc3cccc4cccnc34)C2=O)ccc1Br. The molecule has 2 heterocycles. The number of fused-ring (bicyclic) bond motifs is 1. The van der Waals surface area contributed by atoms with Crippen LogP contribution in [0, 0.1) is 6.92 Å². The van der Waals surface area contributed by atoms with Crippen LogP contribution in [0.1, 0.15) is 17.5 Å². The van der Waals surface area contributed by atoms with Crippen LogP contribution in [-0.4, -0.2) is 22.7 Å². The minimum atomic E-state index is 0.0120. The molecule has 0 aliphatic carbocycles.